The molecule has 0 spiro atoms. The molecule has 1 aliphatic rings. The third-order valence-corrected chi connectivity index (χ3v) is 8.11. The summed E-state index contributed by atoms with van der Waals surface area (Å²) in [6, 6.07) is 40.0. The second kappa shape index (κ2) is 12.5. The van der Waals surface area contributed by atoms with Crippen molar-refractivity contribution in [1.29, 1.82) is 0 Å². The van der Waals surface area contributed by atoms with E-state index >= 15 is 0 Å². The molecule has 202 valence electrons. The summed E-state index contributed by atoms with van der Waals surface area (Å²) in [5.74, 6) is 0.568. The Morgan fingerprint density at radius 2 is 1.51 bits per heavy atom. The van der Waals surface area contributed by atoms with E-state index < -0.39 is 0 Å². The molecule has 0 atom stereocenters. The lowest BCUT2D eigenvalue weighted by molar-refractivity contribution is -0.122. The van der Waals surface area contributed by atoms with Gasteiger partial charge in [-0.05, 0) is 63.5 Å². The Labute approximate surface area is 249 Å². The van der Waals surface area contributed by atoms with Crippen LogP contribution in [0, 0.1) is 0 Å². The van der Waals surface area contributed by atoms with Crippen LogP contribution in [0.1, 0.15) is 22.3 Å². The highest BCUT2D eigenvalue weighted by Gasteiger charge is 2.33. The second-order valence-corrected chi connectivity index (χ2v) is 11.1. The van der Waals surface area contributed by atoms with Crippen LogP contribution in [0.4, 0.5) is 0 Å². The van der Waals surface area contributed by atoms with E-state index in [2.05, 4.69) is 24.3 Å². The van der Waals surface area contributed by atoms with Crippen LogP contribution in [-0.4, -0.2) is 16.0 Å². The Morgan fingerprint density at radius 1 is 0.805 bits per heavy atom. The summed E-state index contributed by atoms with van der Waals surface area (Å²) in [7, 11) is 0. The van der Waals surface area contributed by atoms with E-state index in [9.17, 15) is 4.79 Å². The number of benzene rings is 5. The molecule has 0 aliphatic carbocycles. The van der Waals surface area contributed by atoms with E-state index in [1.165, 1.54) is 17.1 Å². The van der Waals surface area contributed by atoms with Crippen LogP contribution in [0.5, 0.6) is 5.75 Å². The first kappa shape index (κ1) is 26.9. The number of amidine groups is 1. The standard InChI is InChI=1S/C35H27ClN2O2S/c36-30-18-19-32(40-24-28-16-9-15-27-14-7-8-17-31(27)28)29(20-30)21-33-34(39)38(23-26-12-5-2-6-13-26)35(41-33)37-22-25-10-3-1-4-11-25/h1-21H,22-24H2/b33-21+,37-35?. The summed E-state index contributed by atoms with van der Waals surface area (Å²) >= 11 is 7.79. The summed E-state index contributed by atoms with van der Waals surface area (Å²) in [5, 5.41) is 3.57. The summed E-state index contributed by atoms with van der Waals surface area (Å²) in [4.78, 5) is 20.9. The first-order valence-electron chi connectivity index (χ1n) is 13.4. The van der Waals surface area contributed by atoms with Crippen molar-refractivity contribution in [3.05, 3.63) is 154 Å². The van der Waals surface area contributed by atoms with Crippen molar-refractivity contribution < 1.29 is 9.53 Å². The van der Waals surface area contributed by atoms with Gasteiger partial charge in [0.25, 0.3) is 5.91 Å². The molecule has 0 radical (unpaired) electrons. The lowest BCUT2D eigenvalue weighted by Crippen LogP contribution is -2.28. The van der Waals surface area contributed by atoms with Gasteiger partial charge in [0.1, 0.15) is 12.4 Å². The van der Waals surface area contributed by atoms with Gasteiger partial charge in [0, 0.05) is 10.6 Å². The average molecular weight is 575 g/mol. The third kappa shape index (κ3) is 6.37. The summed E-state index contributed by atoms with van der Waals surface area (Å²) in [6.45, 7) is 1.33. The van der Waals surface area contributed by atoms with Crippen LogP contribution >= 0.6 is 23.4 Å². The molecule has 0 unspecified atom stereocenters. The average Bonchev–Trinajstić information content (AvgIpc) is 3.30. The van der Waals surface area contributed by atoms with E-state index in [-0.39, 0.29) is 5.91 Å². The number of nitrogens with zero attached hydrogens (tertiary/aromatic N) is 2. The molecule has 6 heteroatoms. The van der Waals surface area contributed by atoms with Crippen LogP contribution in [0.25, 0.3) is 16.8 Å². The Bertz CT molecular complexity index is 1750. The number of aliphatic imine (C=N–C) groups is 1. The molecular formula is C35H27ClN2O2S. The van der Waals surface area contributed by atoms with Crippen molar-refractivity contribution in [1.82, 2.24) is 4.90 Å². The minimum absolute atomic E-state index is 0.0920. The molecule has 6 rings (SSSR count). The van der Waals surface area contributed by atoms with Crippen LogP contribution in [0.2, 0.25) is 5.02 Å². The van der Waals surface area contributed by atoms with E-state index in [1.807, 2.05) is 97.1 Å². The number of carbonyl (C=O) groups excluding carboxylic acids is 1. The molecular weight excluding hydrogens is 548 g/mol. The van der Waals surface area contributed by atoms with Gasteiger partial charge < -0.3 is 4.74 Å². The van der Waals surface area contributed by atoms with Gasteiger partial charge in [-0.15, -0.1) is 0 Å². The molecule has 5 aromatic rings. The first-order valence-corrected chi connectivity index (χ1v) is 14.6. The molecule has 41 heavy (non-hydrogen) atoms. The molecule has 0 saturated carbocycles. The van der Waals surface area contributed by atoms with Crippen LogP contribution < -0.4 is 4.74 Å². The summed E-state index contributed by atoms with van der Waals surface area (Å²) in [5.41, 5.74) is 3.96. The number of fused-ring (bicyclic) bond motifs is 1. The maximum atomic E-state index is 13.7. The summed E-state index contributed by atoms with van der Waals surface area (Å²) < 4.78 is 6.32. The number of rotatable bonds is 8. The fraction of sp³-hybridized carbons (Fsp3) is 0.0857. The molecule has 1 aliphatic heterocycles. The van der Waals surface area contributed by atoms with Crippen molar-refractivity contribution in [3.8, 4) is 5.75 Å². The molecule has 0 bridgehead atoms. The van der Waals surface area contributed by atoms with Gasteiger partial charge in [0.2, 0.25) is 0 Å². The van der Waals surface area contributed by atoms with Crippen molar-refractivity contribution in [2.45, 2.75) is 19.7 Å². The third-order valence-electron chi connectivity index (χ3n) is 6.83. The maximum Gasteiger partial charge on any atom is 0.267 e. The lowest BCUT2D eigenvalue weighted by atomic mass is 10.1. The van der Waals surface area contributed by atoms with E-state index in [0.29, 0.717) is 40.5 Å². The van der Waals surface area contributed by atoms with Crippen LogP contribution in [0.15, 0.2) is 131 Å². The monoisotopic (exact) mass is 574 g/mol. The summed E-state index contributed by atoms with van der Waals surface area (Å²) in [6.07, 6.45) is 1.86. The zero-order chi connectivity index (χ0) is 28.0. The number of halogens is 1. The number of hydrogen-bond acceptors (Lipinski definition) is 4. The fourth-order valence-corrected chi connectivity index (χ4v) is 5.90. The Hall–Kier alpha value is -4.32. The van der Waals surface area contributed by atoms with Crippen molar-refractivity contribution >= 4 is 51.3 Å². The number of thioether (sulfide) groups is 1. The second-order valence-electron chi connectivity index (χ2n) is 9.68. The van der Waals surface area contributed by atoms with Crippen molar-refractivity contribution in [3.63, 3.8) is 0 Å². The fourth-order valence-electron chi connectivity index (χ4n) is 4.75. The smallest absolute Gasteiger partial charge is 0.267 e. The Kier molecular flexibility index (Phi) is 8.17. The highest BCUT2D eigenvalue weighted by molar-refractivity contribution is 8.18. The molecule has 1 fully saturated rings. The predicted molar refractivity (Wildman–Crippen MR) is 170 cm³/mol. The van der Waals surface area contributed by atoms with Crippen molar-refractivity contribution in [2.24, 2.45) is 4.99 Å². The normalized spacial score (nSPS) is 15.2. The van der Waals surface area contributed by atoms with E-state index in [4.69, 9.17) is 21.3 Å². The van der Waals surface area contributed by atoms with Gasteiger partial charge in [0.15, 0.2) is 5.17 Å². The number of hydrogen-bond donors (Lipinski definition) is 0. The molecule has 1 heterocycles. The van der Waals surface area contributed by atoms with E-state index in [0.717, 1.165) is 27.6 Å². The van der Waals surface area contributed by atoms with Gasteiger partial charge in [-0.3, -0.25) is 14.7 Å². The van der Waals surface area contributed by atoms with Gasteiger partial charge in [-0.2, -0.15) is 0 Å². The minimum atomic E-state index is -0.0920. The van der Waals surface area contributed by atoms with Crippen LogP contribution in [-0.2, 0) is 24.5 Å². The largest absolute Gasteiger partial charge is 0.488 e. The number of amides is 1. The Balaban J connectivity index is 1.29. The number of ether oxygens (including phenoxy) is 1. The minimum Gasteiger partial charge on any atom is -0.488 e. The van der Waals surface area contributed by atoms with E-state index in [1.54, 1.807) is 11.0 Å². The quantitative estimate of drug-likeness (QED) is 0.174. The maximum absolute atomic E-state index is 13.7. The topological polar surface area (TPSA) is 41.9 Å². The van der Waals surface area contributed by atoms with Crippen molar-refractivity contribution in [2.75, 3.05) is 0 Å². The zero-order valence-electron chi connectivity index (χ0n) is 22.2. The SMILES string of the molecule is O=C1/C(=C\c2cc(Cl)ccc2OCc2cccc3ccccc23)SC(=NCc2ccccc2)N1Cc1ccccc1. The van der Waals surface area contributed by atoms with Gasteiger partial charge in [-0.1, -0.05) is 115 Å². The van der Waals surface area contributed by atoms with Gasteiger partial charge >= 0.3 is 0 Å². The van der Waals surface area contributed by atoms with Gasteiger partial charge in [0.05, 0.1) is 18.0 Å². The number of carbonyl (C=O) groups is 1. The zero-order valence-corrected chi connectivity index (χ0v) is 23.8. The first-order chi connectivity index (χ1) is 20.1. The molecule has 1 saturated heterocycles. The molecule has 0 N–H and O–H groups in total. The molecule has 5 aromatic carbocycles. The van der Waals surface area contributed by atoms with Crippen LogP contribution in [0.3, 0.4) is 0 Å². The molecule has 4 nitrogen and oxygen atoms in total. The lowest BCUT2D eigenvalue weighted by Gasteiger charge is -2.16. The highest BCUT2D eigenvalue weighted by Crippen LogP contribution is 2.36. The molecule has 1 amide bonds. The predicted octanol–water partition coefficient (Wildman–Crippen LogP) is 8.74. The van der Waals surface area contributed by atoms with Gasteiger partial charge in [-0.25, -0.2) is 0 Å². The highest BCUT2D eigenvalue weighted by atomic mass is 35.5. The Morgan fingerprint density at radius 3 is 2.32 bits per heavy atom. The molecule has 0 aromatic heterocycles.